The van der Waals surface area contributed by atoms with E-state index in [1.54, 1.807) is 0 Å². The number of carbonyl (C=O) groups is 2. The third-order valence-corrected chi connectivity index (χ3v) is 14.2. The van der Waals surface area contributed by atoms with Gasteiger partial charge in [0.05, 0.1) is 38.6 Å². The molecular weight excluding hydrogens is 1150 g/mol. The standard InChI is InChI=1S/C23H41NO17.C22H39NO16.2CH4O/c1-2-3-24-20(34)36-7-14-17(31)19(33)23(41-14,10-38-22(8-27)18(32)16(30)13(6-26)40-22)37-9-21(35)15(29)4-11(28)12(5-25)39-21;1-2-3-23-20(33)34-7-14-16(30)18(32)22(38-14,39-19-11(28)4-10(27)12(5-24)36-19)9-35-21(8-26)17(31)15(29)13(6-25)37-21;2*1-2/h11-19,25-33,35H,2-10H2,1H3,(H,24,34);10-19,24-32H,2-9H2,1H3,(H,23,33);2*2H,1H3/t11-,12?,13+,14+,15?,16-,17-,18?,19?,21+,22+,23+;10-,11?,12?,13+,14+,15-,16-,17?,18?,19+,21+,22-;;/m00../s1. The molecule has 0 aromatic heterocycles. The second-order valence-electron chi connectivity index (χ2n) is 19.9. The van der Waals surface area contributed by atoms with Crippen molar-refractivity contribution in [3.05, 3.63) is 0 Å². The molecule has 24 atom stereocenters. The molecule has 0 aliphatic carbocycles. The van der Waals surface area contributed by atoms with E-state index >= 15 is 0 Å². The molecule has 84 heavy (non-hydrogen) atoms. The van der Waals surface area contributed by atoms with Gasteiger partial charge in [-0.15, -0.1) is 0 Å². The van der Waals surface area contributed by atoms with Crippen LogP contribution in [0.25, 0.3) is 0 Å². The number of carbonyl (C=O) groups excluding carboxylic acids is 2. The lowest BCUT2D eigenvalue weighted by molar-refractivity contribution is -0.392. The van der Waals surface area contributed by atoms with E-state index in [9.17, 15) is 107 Å². The number of hydrogen-bond donors (Lipinski definition) is 23. The Hall–Kier alpha value is -2.70. The van der Waals surface area contributed by atoms with Gasteiger partial charge >= 0.3 is 12.2 Å². The van der Waals surface area contributed by atoms with Gasteiger partial charge in [0.25, 0.3) is 0 Å². The number of ether oxygens (including phenoxy) is 12. The summed E-state index contributed by atoms with van der Waals surface area (Å²) in [5, 5.41) is 213. The van der Waals surface area contributed by atoms with E-state index < -0.39 is 236 Å². The molecule has 37 nitrogen and oxygen atoms in total. The maximum Gasteiger partial charge on any atom is 0.407 e. The highest BCUT2D eigenvalue weighted by molar-refractivity contribution is 5.67. The molecule has 6 fully saturated rings. The maximum absolute atomic E-state index is 11.9. The van der Waals surface area contributed by atoms with Gasteiger partial charge in [-0.05, 0) is 12.8 Å². The van der Waals surface area contributed by atoms with E-state index in [2.05, 4.69) is 10.6 Å². The summed E-state index contributed by atoms with van der Waals surface area (Å²) in [5.74, 6) is -12.2. The Morgan fingerprint density at radius 2 is 0.833 bits per heavy atom. The Labute approximate surface area is 480 Å². The second-order valence-corrected chi connectivity index (χ2v) is 19.9. The van der Waals surface area contributed by atoms with Gasteiger partial charge in [-0.3, -0.25) is 0 Å². The number of rotatable bonds is 25. The van der Waals surface area contributed by atoms with Crippen LogP contribution in [0.4, 0.5) is 9.59 Å². The van der Waals surface area contributed by atoms with Crippen molar-refractivity contribution in [1.29, 1.82) is 0 Å². The van der Waals surface area contributed by atoms with Crippen molar-refractivity contribution in [2.45, 2.75) is 185 Å². The van der Waals surface area contributed by atoms with Crippen LogP contribution >= 0.6 is 0 Å². The first kappa shape index (κ1) is 75.5. The smallest absolute Gasteiger partial charge is 0.407 e. The lowest BCUT2D eigenvalue weighted by atomic mass is 9.96. The Morgan fingerprint density at radius 1 is 0.464 bits per heavy atom. The minimum atomic E-state index is -2.57. The van der Waals surface area contributed by atoms with Crippen LogP contribution in [0.5, 0.6) is 0 Å². The molecule has 37 heteroatoms. The van der Waals surface area contributed by atoms with Gasteiger partial charge < -0.3 is 175 Å². The molecule has 496 valence electrons. The van der Waals surface area contributed by atoms with Crippen LogP contribution in [-0.4, -0.2) is 365 Å². The van der Waals surface area contributed by atoms with E-state index in [4.69, 9.17) is 67.1 Å². The fourth-order valence-corrected chi connectivity index (χ4v) is 9.26. The molecule has 0 radical (unpaired) electrons. The average Bonchev–Trinajstić information content (AvgIpc) is 2.28. The first-order chi connectivity index (χ1) is 39.8. The van der Waals surface area contributed by atoms with Gasteiger partial charge in [0.2, 0.25) is 28.9 Å². The molecule has 6 aliphatic heterocycles. The zero-order valence-corrected chi connectivity index (χ0v) is 46.6. The summed E-state index contributed by atoms with van der Waals surface area (Å²) in [6.45, 7) is -4.85. The highest BCUT2D eigenvalue weighted by atomic mass is 16.8. The molecule has 0 spiro atoms. The first-order valence-electron chi connectivity index (χ1n) is 26.7. The monoisotopic (exact) mass is 1240 g/mol. The van der Waals surface area contributed by atoms with Crippen LogP contribution in [0.1, 0.15) is 39.5 Å². The number of nitrogens with one attached hydrogen (secondary N) is 2. The van der Waals surface area contributed by atoms with Crippen LogP contribution in [0, 0.1) is 0 Å². The van der Waals surface area contributed by atoms with Crippen LogP contribution in [0.2, 0.25) is 0 Å². The molecule has 6 heterocycles. The minimum absolute atomic E-state index is 0.299. The van der Waals surface area contributed by atoms with Gasteiger partial charge in [-0.1, -0.05) is 13.8 Å². The first-order valence-corrected chi connectivity index (χ1v) is 26.7. The van der Waals surface area contributed by atoms with Crippen molar-refractivity contribution in [2.75, 3.05) is 100.0 Å². The molecule has 8 unspecified atom stereocenters. The van der Waals surface area contributed by atoms with Crippen LogP contribution in [0.15, 0.2) is 0 Å². The van der Waals surface area contributed by atoms with E-state index in [-0.39, 0.29) is 6.42 Å². The summed E-state index contributed by atoms with van der Waals surface area (Å²) >= 11 is 0. The molecular formula is C47H88N2O35. The van der Waals surface area contributed by atoms with Crippen LogP contribution < -0.4 is 10.6 Å². The van der Waals surface area contributed by atoms with E-state index in [1.165, 1.54) is 0 Å². The van der Waals surface area contributed by atoms with Crippen molar-refractivity contribution in [3.63, 3.8) is 0 Å². The number of alkyl carbamates (subject to hydrolysis) is 2. The maximum atomic E-state index is 11.9. The molecule has 0 aromatic carbocycles. The fraction of sp³-hybridized carbons (Fsp3) is 0.957. The quantitative estimate of drug-likeness (QED) is 0.0404. The Kier molecular flexibility index (Phi) is 30.9. The third kappa shape index (κ3) is 17.6. The molecule has 0 bridgehead atoms. The largest absolute Gasteiger partial charge is 0.447 e. The molecule has 23 N–H and O–H groups in total. The Balaban J connectivity index is 0.000000416. The molecule has 6 aliphatic rings. The number of hydrogen-bond acceptors (Lipinski definition) is 35. The summed E-state index contributed by atoms with van der Waals surface area (Å²) in [5.41, 5.74) is 0. The van der Waals surface area contributed by atoms with Gasteiger partial charge in [0, 0.05) is 40.2 Å². The van der Waals surface area contributed by atoms with Crippen molar-refractivity contribution in [2.24, 2.45) is 0 Å². The molecule has 0 saturated carbocycles. The molecule has 6 rings (SSSR count). The number of aliphatic hydroxyl groups is 21. The topological polar surface area (TPSA) is 594 Å². The molecule has 0 aromatic rings. The van der Waals surface area contributed by atoms with Crippen molar-refractivity contribution < 1.29 is 174 Å². The summed E-state index contributed by atoms with van der Waals surface area (Å²) < 4.78 is 65.3. The summed E-state index contributed by atoms with van der Waals surface area (Å²) in [6, 6.07) is 0. The van der Waals surface area contributed by atoms with Gasteiger partial charge in [0.15, 0.2) is 6.29 Å². The Morgan fingerprint density at radius 3 is 1.25 bits per heavy atom. The van der Waals surface area contributed by atoms with Crippen molar-refractivity contribution in [3.8, 4) is 0 Å². The predicted molar refractivity (Wildman–Crippen MR) is 267 cm³/mol. The van der Waals surface area contributed by atoms with Crippen molar-refractivity contribution in [1.82, 2.24) is 10.6 Å². The lowest BCUT2D eigenvalue weighted by Gasteiger charge is -2.44. The molecule has 2 amide bonds. The van der Waals surface area contributed by atoms with Gasteiger partial charge in [-0.2, -0.15) is 0 Å². The normalized spacial score (nSPS) is 42.6. The predicted octanol–water partition coefficient (Wildman–Crippen LogP) is -12.2. The fourth-order valence-electron chi connectivity index (χ4n) is 9.26. The van der Waals surface area contributed by atoms with E-state index in [1.807, 2.05) is 13.8 Å². The number of aliphatic hydroxyl groups excluding tert-OH is 20. The van der Waals surface area contributed by atoms with Crippen LogP contribution in [-0.2, 0) is 56.8 Å². The zero-order valence-electron chi connectivity index (χ0n) is 46.6. The Bertz CT molecular complexity index is 1910. The van der Waals surface area contributed by atoms with Gasteiger partial charge in [-0.25, -0.2) is 9.59 Å². The van der Waals surface area contributed by atoms with Crippen LogP contribution in [0.3, 0.4) is 0 Å². The summed E-state index contributed by atoms with van der Waals surface area (Å²) in [4.78, 5) is 23.8. The molecule has 6 saturated heterocycles. The average molecular weight is 1240 g/mol. The SMILES string of the molecule is CCCNC(=O)OC[C@H]1O[C@@](CO[C@]2(CO)O[C@H](CO)[C@H](O)C2O)(OC[C@@]2(O)OC(CO)[C@@H](O)CC2O)C(O)[C@H]1O.CCCNC(=O)OC[C@H]1O[C@@](CO[C@]2(CO)O[C@H](CO)[C@H](O)C2O)(O[C@H]2OC(CO)[C@@H](O)CC2O)C(O)[C@H]1O.CO.CO. The number of amides is 2. The highest BCUT2D eigenvalue weighted by Gasteiger charge is 2.64. The van der Waals surface area contributed by atoms with Gasteiger partial charge in [0.1, 0.15) is 144 Å². The zero-order chi connectivity index (χ0) is 63.5. The highest BCUT2D eigenvalue weighted by Crippen LogP contribution is 2.42. The van der Waals surface area contributed by atoms with E-state index in [0.29, 0.717) is 25.9 Å². The third-order valence-electron chi connectivity index (χ3n) is 14.2. The van der Waals surface area contributed by atoms with E-state index in [0.717, 1.165) is 14.2 Å². The summed E-state index contributed by atoms with van der Waals surface area (Å²) in [7, 11) is 2.00. The van der Waals surface area contributed by atoms with Crippen molar-refractivity contribution >= 4 is 12.2 Å². The summed E-state index contributed by atoms with van der Waals surface area (Å²) in [6.07, 6.45) is -31.5. The second kappa shape index (κ2) is 34.3. The lowest BCUT2D eigenvalue weighted by Crippen LogP contribution is -2.62. The minimum Gasteiger partial charge on any atom is -0.447 e.